The second kappa shape index (κ2) is 6.18. The smallest absolute Gasteiger partial charge is 0.309 e. The van der Waals surface area contributed by atoms with Gasteiger partial charge in [-0.05, 0) is 52.1 Å². The highest BCUT2D eigenvalue weighted by Crippen LogP contribution is 2.27. The summed E-state index contributed by atoms with van der Waals surface area (Å²) < 4.78 is 5.06. The zero-order chi connectivity index (χ0) is 13.0. The molecule has 1 aliphatic heterocycles. The Bertz CT molecular complexity index is 322. The van der Waals surface area contributed by atoms with Gasteiger partial charge in [-0.25, -0.2) is 0 Å². The lowest BCUT2D eigenvalue weighted by Crippen LogP contribution is -2.44. The summed E-state index contributed by atoms with van der Waals surface area (Å²) in [7, 11) is 0. The fraction of sp³-hybridized carbons (Fsp3) is 0.846. The SMILES string of the molecule is CCOC(=O)C1CCN(C2CCC/C2=N/O)CC1. The Morgan fingerprint density at radius 1 is 1.44 bits per heavy atom. The maximum Gasteiger partial charge on any atom is 0.309 e. The van der Waals surface area contributed by atoms with Crippen LogP contribution in [0.15, 0.2) is 5.16 Å². The van der Waals surface area contributed by atoms with Crippen LogP contribution in [0.3, 0.4) is 0 Å². The van der Waals surface area contributed by atoms with E-state index in [1.807, 2.05) is 6.92 Å². The number of rotatable bonds is 3. The number of carbonyl (C=O) groups is 1. The molecule has 1 saturated carbocycles. The monoisotopic (exact) mass is 254 g/mol. The number of nitrogens with zero attached hydrogens (tertiary/aromatic N) is 2. The Morgan fingerprint density at radius 2 is 2.17 bits per heavy atom. The molecular weight excluding hydrogens is 232 g/mol. The Labute approximate surface area is 108 Å². The zero-order valence-corrected chi connectivity index (χ0v) is 11.0. The molecule has 0 radical (unpaired) electrons. The third-order valence-corrected chi connectivity index (χ3v) is 4.01. The van der Waals surface area contributed by atoms with Crippen LogP contribution < -0.4 is 0 Å². The van der Waals surface area contributed by atoms with E-state index in [9.17, 15) is 4.79 Å². The van der Waals surface area contributed by atoms with E-state index in [0.29, 0.717) is 6.61 Å². The number of oxime groups is 1. The molecule has 5 nitrogen and oxygen atoms in total. The summed E-state index contributed by atoms with van der Waals surface area (Å²) in [6.07, 6.45) is 4.78. The molecule has 1 aliphatic carbocycles. The van der Waals surface area contributed by atoms with Crippen molar-refractivity contribution in [2.24, 2.45) is 11.1 Å². The van der Waals surface area contributed by atoms with Crippen LogP contribution in [0.5, 0.6) is 0 Å². The first-order valence-electron chi connectivity index (χ1n) is 6.87. The molecule has 0 aromatic rings. The number of esters is 1. The average Bonchev–Trinajstić information content (AvgIpc) is 2.87. The lowest BCUT2D eigenvalue weighted by atomic mass is 9.95. The molecule has 2 fully saturated rings. The summed E-state index contributed by atoms with van der Waals surface area (Å²) in [4.78, 5) is 14.0. The third-order valence-electron chi connectivity index (χ3n) is 4.01. The number of piperidine rings is 1. The molecular formula is C13H22N2O3. The van der Waals surface area contributed by atoms with E-state index in [1.54, 1.807) is 0 Å². The summed E-state index contributed by atoms with van der Waals surface area (Å²) in [5, 5.41) is 12.4. The van der Waals surface area contributed by atoms with Gasteiger partial charge in [0.05, 0.1) is 24.3 Å². The van der Waals surface area contributed by atoms with Gasteiger partial charge in [-0.2, -0.15) is 0 Å². The van der Waals surface area contributed by atoms with E-state index < -0.39 is 0 Å². The van der Waals surface area contributed by atoms with Crippen LogP contribution in [0.4, 0.5) is 0 Å². The van der Waals surface area contributed by atoms with E-state index in [2.05, 4.69) is 10.1 Å². The molecule has 0 aromatic carbocycles. The molecule has 102 valence electrons. The lowest BCUT2D eigenvalue weighted by Gasteiger charge is -2.34. The molecule has 1 N–H and O–H groups in total. The van der Waals surface area contributed by atoms with E-state index in [1.165, 1.54) is 0 Å². The molecule has 18 heavy (non-hydrogen) atoms. The topological polar surface area (TPSA) is 62.1 Å². The molecule has 1 unspecified atom stereocenters. The average molecular weight is 254 g/mol. The normalized spacial score (nSPS) is 28.7. The second-order valence-corrected chi connectivity index (χ2v) is 5.06. The molecule has 5 heteroatoms. The molecule has 0 aromatic heterocycles. The minimum absolute atomic E-state index is 0.0529. The van der Waals surface area contributed by atoms with E-state index >= 15 is 0 Å². The van der Waals surface area contributed by atoms with Crippen LogP contribution >= 0.6 is 0 Å². The first-order valence-corrected chi connectivity index (χ1v) is 6.87. The number of carbonyl (C=O) groups excluding carboxylic acids is 1. The van der Waals surface area contributed by atoms with Gasteiger partial charge in [-0.3, -0.25) is 9.69 Å². The zero-order valence-electron chi connectivity index (χ0n) is 11.0. The van der Waals surface area contributed by atoms with Crippen LogP contribution in [0.25, 0.3) is 0 Å². The Balaban J connectivity index is 1.85. The maximum atomic E-state index is 11.6. The third kappa shape index (κ3) is 2.83. The Hall–Kier alpha value is -1.10. The Morgan fingerprint density at radius 3 is 2.78 bits per heavy atom. The van der Waals surface area contributed by atoms with Crippen molar-refractivity contribution in [3.05, 3.63) is 0 Å². The minimum Gasteiger partial charge on any atom is -0.466 e. The lowest BCUT2D eigenvalue weighted by molar-refractivity contribution is -0.149. The van der Waals surface area contributed by atoms with E-state index in [4.69, 9.17) is 9.94 Å². The van der Waals surface area contributed by atoms with Crippen molar-refractivity contribution >= 4 is 11.7 Å². The van der Waals surface area contributed by atoms with E-state index in [-0.39, 0.29) is 17.9 Å². The fourth-order valence-corrected chi connectivity index (χ4v) is 3.03. The molecule has 0 amide bonds. The van der Waals surface area contributed by atoms with Gasteiger partial charge < -0.3 is 9.94 Å². The standard InChI is InChI=1S/C13H22N2O3/c1-2-18-13(16)10-6-8-15(9-7-10)12-5-3-4-11(12)14-17/h10,12,17H,2-9H2,1H3/b14-11-. The van der Waals surface area contributed by atoms with Crippen molar-refractivity contribution in [3.8, 4) is 0 Å². The predicted molar refractivity (Wildman–Crippen MR) is 67.8 cm³/mol. The van der Waals surface area contributed by atoms with Crippen LogP contribution in [0.2, 0.25) is 0 Å². The van der Waals surface area contributed by atoms with Crippen molar-refractivity contribution < 1.29 is 14.7 Å². The number of hydrogen-bond donors (Lipinski definition) is 1. The summed E-state index contributed by atoms with van der Waals surface area (Å²) in [6.45, 7) is 4.10. The van der Waals surface area contributed by atoms with Gasteiger partial charge in [0, 0.05) is 0 Å². The number of likely N-dealkylation sites (tertiary alicyclic amines) is 1. The number of ether oxygens (including phenoxy) is 1. The molecule has 2 aliphatic rings. The fourth-order valence-electron chi connectivity index (χ4n) is 3.03. The van der Waals surface area contributed by atoms with Gasteiger partial charge >= 0.3 is 5.97 Å². The van der Waals surface area contributed by atoms with Crippen molar-refractivity contribution in [2.45, 2.75) is 45.1 Å². The molecule has 0 bridgehead atoms. The van der Waals surface area contributed by atoms with Gasteiger partial charge in [-0.15, -0.1) is 0 Å². The van der Waals surface area contributed by atoms with Crippen molar-refractivity contribution in [1.82, 2.24) is 4.90 Å². The summed E-state index contributed by atoms with van der Waals surface area (Å²) >= 11 is 0. The van der Waals surface area contributed by atoms with Gasteiger partial charge in [0.25, 0.3) is 0 Å². The predicted octanol–water partition coefficient (Wildman–Crippen LogP) is 1.64. The van der Waals surface area contributed by atoms with Crippen LogP contribution in [-0.2, 0) is 9.53 Å². The quantitative estimate of drug-likeness (QED) is 0.472. The van der Waals surface area contributed by atoms with Crippen molar-refractivity contribution in [2.75, 3.05) is 19.7 Å². The van der Waals surface area contributed by atoms with Crippen LogP contribution in [-0.4, -0.2) is 47.5 Å². The molecule has 1 atom stereocenters. The van der Waals surface area contributed by atoms with E-state index in [0.717, 1.165) is 50.9 Å². The molecule has 1 heterocycles. The largest absolute Gasteiger partial charge is 0.466 e. The van der Waals surface area contributed by atoms with Crippen LogP contribution in [0, 0.1) is 5.92 Å². The molecule has 1 saturated heterocycles. The second-order valence-electron chi connectivity index (χ2n) is 5.06. The highest BCUT2D eigenvalue weighted by molar-refractivity contribution is 5.90. The first kappa shape index (κ1) is 13.3. The van der Waals surface area contributed by atoms with Crippen LogP contribution in [0.1, 0.15) is 39.0 Å². The molecule has 0 spiro atoms. The van der Waals surface area contributed by atoms with Gasteiger partial charge in [-0.1, -0.05) is 5.16 Å². The first-order chi connectivity index (χ1) is 8.76. The van der Waals surface area contributed by atoms with Gasteiger partial charge in [0.1, 0.15) is 0 Å². The van der Waals surface area contributed by atoms with Gasteiger partial charge in [0.15, 0.2) is 0 Å². The summed E-state index contributed by atoms with van der Waals surface area (Å²) in [5.74, 6) is -0.00302. The highest BCUT2D eigenvalue weighted by Gasteiger charge is 2.33. The summed E-state index contributed by atoms with van der Waals surface area (Å²) in [6, 6.07) is 0.290. The summed E-state index contributed by atoms with van der Waals surface area (Å²) in [5.41, 5.74) is 0.907. The van der Waals surface area contributed by atoms with Gasteiger partial charge in [0.2, 0.25) is 0 Å². The van der Waals surface area contributed by atoms with Crippen molar-refractivity contribution in [3.63, 3.8) is 0 Å². The number of hydrogen-bond acceptors (Lipinski definition) is 5. The Kier molecular flexibility index (Phi) is 4.58. The molecule has 2 rings (SSSR count). The minimum atomic E-state index is -0.0559. The van der Waals surface area contributed by atoms with Crippen molar-refractivity contribution in [1.29, 1.82) is 0 Å². The maximum absolute atomic E-state index is 11.6. The highest BCUT2D eigenvalue weighted by atomic mass is 16.5.